The lowest BCUT2D eigenvalue weighted by Crippen LogP contribution is -1.98. The number of rotatable bonds is 4. The molecular weight excluding hydrogens is 112 g/mol. The summed E-state index contributed by atoms with van der Waals surface area (Å²) in [4.78, 5) is 3.59. The molecule has 0 fully saturated rings. The van der Waals surface area contributed by atoms with Gasteiger partial charge in [0.05, 0.1) is 0 Å². The first kappa shape index (κ1) is 8.11. The summed E-state index contributed by atoms with van der Waals surface area (Å²) in [5.41, 5.74) is 6.32. The van der Waals surface area contributed by atoms with E-state index >= 15 is 0 Å². The highest BCUT2D eigenvalue weighted by Crippen LogP contribution is 1.99. The number of allylic oxidation sites excluding steroid dienone is 1. The molecule has 0 rings (SSSR count). The topological polar surface area (TPSA) is 38.4 Å². The predicted molar refractivity (Wildman–Crippen MR) is 41.5 cm³/mol. The van der Waals surface area contributed by atoms with Crippen LogP contribution in [0.4, 0.5) is 0 Å². The Bertz CT molecular complexity index is 125. The van der Waals surface area contributed by atoms with Gasteiger partial charge in [0.1, 0.15) is 0 Å². The predicted octanol–water partition coefficient (Wildman–Crippen LogP) is 1.11. The van der Waals surface area contributed by atoms with E-state index in [-0.39, 0.29) is 0 Å². The molecule has 9 heavy (non-hydrogen) atoms. The third-order valence-electron chi connectivity index (χ3n) is 0.952. The molecule has 0 spiro atoms. The SMILES string of the molecule is C=C/C(=C\N=C)CCN. The lowest BCUT2D eigenvalue weighted by Gasteiger charge is -1.93. The molecule has 0 aliphatic rings. The van der Waals surface area contributed by atoms with Gasteiger partial charge in [0.2, 0.25) is 0 Å². The maximum atomic E-state index is 5.28. The maximum Gasteiger partial charge on any atom is 0.0292 e. The molecule has 0 aliphatic heterocycles. The molecule has 0 amide bonds. The quantitative estimate of drug-likeness (QED) is 0.442. The molecule has 0 radical (unpaired) electrons. The second kappa shape index (κ2) is 5.25. The fraction of sp³-hybridized carbons (Fsp3) is 0.286. The van der Waals surface area contributed by atoms with E-state index in [2.05, 4.69) is 18.3 Å². The molecule has 0 bridgehead atoms. The van der Waals surface area contributed by atoms with Crippen molar-refractivity contribution < 1.29 is 0 Å². The summed E-state index contributed by atoms with van der Waals surface area (Å²) in [6.45, 7) is 7.53. The first-order chi connectivity index (χ1) is 4.35. The van der Waals surface area contributed by atoms with Gasteiger partial charge in [0, 0.05) is 6.20 Å². The molecule has 0 saturated heterocycles. The molecule has 0 aromatic carbocycles. The Hall–Kier alpha value is -0.890. The van der Waals surface area contributed by atoms with Gasteiger partial charge in [-0.25, -0.2) is 0 Å². The number of nitrogens with zero attached hydrogens (tertiary/aromatic N) is 1. The minimum Gasteiger partial charge on any atom is -0.330 e. The van der Waals surface area contributed by atoms with Gasteiger partial charge in [-0.05, 0) is 25.3 Å². The van der Waals surface area contributed by atoms with Gasteiger partial charge in [0.25, 0.3) is 0 Å². The van der Waals surface area contributed by atoms with Crippen molar-refractivity contribution in [3.05, 3.63) is 24.4 Å². The van der Waals surface area contributed by atoms with Gasteiger partial charge in [-0.1, -0.05) is 12.7 Å². The number of hydrogen-bond donors (Lipinski definition) is 1. The van der Waals surface area contributed by atoms with Gasteiger partial charge in [-0.15, -0.1) is 0 Å². The monoisotopic (exact) mass is 124 g/mol. The Morgan fingerprint density at radius 2 is 2.33 bits per heavy atom. The van der Waals surface area contributed by atoms with E-state index in [1.54, 1.807) is 12.3 Å². The normalized spacial score (nSPS) is 11.0. The van der Waals surface area contributed by atoms with E-state index in [0.717, 1.165) is 12.0 Å². The molecule has 2 nitrogen and oxygen atoms in total. The lowest BCUT2D eigenvalue weighted by molar-refractivity contribution is 0.970. The van der Waals surface area contributed by atoms with Crippen molar-refractivity contribution in [2.24, 2.45) is 10.7 Å². The molecule has 2 heteroatoms. The Labute approximate surface area is 55.8 Å². The summed E-state index contributed by atoms with van der Waals surface area (Å²) in [7, 11) is 0. The zero-order chi connectivity index (χ0) is 7.11. The maximum absolute atomic E-state index is 5.28. The van der Waals surface area contributed by atoms with Crippen molar-refractivity contribution in [1.29, 1.82) is 0 Å². The molecular formula is C7H12N2. The van der Waals surface area contributed by atoms with Crippen LogP contribution in [-0.4, -0.2) is 13.3 Å². The van der Waals surface area contributed by atoms with Crippen molar-refractivity contribution in [1.82, 2.24) is 0 Å². The highest BCUT2D eigenvalue weighted by molar-refractivity contribution is 5.28. The van der Waals surface area contributed by atoms with E-state index < -0.39 is 0 Å². The number of hydrogen-bond acceptors (Lipinski definition) is 2. The van der Waals surface area contributed by atoms with E-state index in [4.69, 9.17) is 5.73 Å². The zero-order valence-corrected chi connectivity index (χ0v) is 5.51. The molecule has 0 aromatic rings. The highest BCUT2D eigenvalue weighted by Gasteiger charge is 1.85. The van der Waals surface area contributed by atoms with Crippen LogP contribution < -0.4 is 5.73 Å². The molecule has 2 N–H and O–H groups in total. The summed E-state index contributed by atoms with van der Waals surface area (Å²) < 4.78 is 0. The standard InChI is InChI=1S/C7H12N2/c1-3-7(4-5-8)6-9-2/h3,6H,1-2,4-5,8H2/b7-6+. The van der Waals surface area contributed by atoms with Gasteiger partial charge >= 0.3 is 0 Å². The minimum atomic E-state index is 0.632. The van der Waals surface area contributed by atoms with Crippen LogP contribution >= 0.6 is 0 Å². The van der Waals surface area contributed by atoms with E-state index in [9.17, 15) is 0 Å². The largest absolute Gasteiger partial charge is 0.330 e. The molecule has 0 heterocycles. The average molecular weight is 124 g/mol. The zero-order valence-electron chi connectivity index (χ0n) is 5.51. The van der Waals surface area contributed by atoms with Crippen molar-refractivity contribution >= 4 is 6.72 Å². The molecule has 0 atom stereocenters. The summed E-state index contributed by atoms with van der Waals surface area (Å²) >= 11 is 0. The molecule has 0 saturated carbocycles. The first-order valence-electron chi connectivity index (χ1n) is 2.82. The fourth-order valence-electron chi connectivity index (χ4n) is 0.503. The summed E-state index contributed by atoms with van der Waals surface area (Å²) in [5.74, 6) is 0. The smallest absolute Gasteiger partial charge is 0.0292 e. The Morgan fingerprint density at radius 3 is 2.67 bits per heavy atom. The van der Waals surface area contributed by atoms with Gasteiger partial charge in [0.15, 0.2) is 0 Å². The summed E-state index contributed by atoms with van der Waals surface area (Å²) in [5, 5.41) is 0. The van der Waals surface area contributed by atoms with E-state index in [0.29, 0.717) is 6.54 Å². The second-order valence-electron chi connectivity index (χ2n) is 1.63. The van der Waals surface area contributed by atoms with Crippen LogP contribution in [0.1, 0.15) is 6.42 Å². The van der Waals surface area contributed by atoms with Gasteiger partial charge in [-0.2, -0.15) is 0 Å². The summed E-state index contributed by atoms with van der Waals surface area (Å²) in [6.07, 6.45) is 4.23. The minimum absolute atomic E-state index is 0.632. The van der Waals surface area contributed by atoms with Crippen LogP contribution in [0, 0.1) is 0 Å². The van der Waals surface area contributed by atoms with Crippen molar-refractivity contribution in [2.75, 3.05) is 6.54 Å². The van der Waals surface area contributed by atoms with Crippen LogP contribution in [0.15, 0.2) is 29.4 Å². The van der Waals surface area contributed by atoms with E-state index in [1.807, 2.05) is 0 Å². The lowest BCUT2D eigenvalue weighted by atomic mass is 10.2. The van der Waals surface area contributed by atoms with E-state index in [1.165, 1.54) is 0 Å². The van der Waals surface area contributed by atoms with Crippen LogP contribution in [0.5, 0.6) is 0 Å². The molecule has 50 valence electrons. The average Bonchev–Trinajstić information content (AvgIpc) is 1.88. The third-order valence-corrected chi connectivity index (χ3v) is 0.952. The van der Waals surface area contributed by atoms with Crippen LogP contribution in [0.2, 0.25) is 0 Å². The first-order valence-corrected chi connectivity index (χ1v) is 2.82. The summed E-state index contributed by atoms with van der Waals surface area (Å²) in [6, 6.07) is 0. The van der Waals surface area contributed by atoms with Crippen molar-refractivity contribution in [2.45, 2.75) is 6.42 Å². The second-order valence-corrected chi connectivity index (χ2v) is 1.63. The fourth-order valence-corrected chi connectivity index (χ4v) is 0.503. The number of aliphatic imine (C=N–C) groups is 1. The molecule has 0 aliphatic carbocycles. The van der Waals surface area contributed by atoms with Crippen molar-refractivity contribution in [3.8, 4) is 0 Å². The highest BCUT2D eigenvalue weighted by atomic mass is 14.6. The van der Waals surface area contributed by atoms with Crippen LogP contribution in [0.3, 0.4) is 0 Å². The van der Waals surface area contributed by atoms with Gasteiger partial charge < -0.3 is 5.73 Å². The Morgan fingerprint density at radius 1 is 1.67 bits per heavy atom. The van der Waals surface area contributed by atoms with Crippen molar-refractivity contribution in [3.63, 3.8) is 0 Å². The number of nitrogens with two attached hydrogens (primary N) is 1. The third kappa shape index (κ3) is 3.67. The Kier molecular flexibility index (Phi) is 4.73. The van der Waals surface area contributed by atoms with Crippen LogP contribution in [-0.2, 0) is 0 Å². The van der Waals surface area contributed by atoms with Gasteiger partial charge in [-0.3, -0.25) is 4.99 Å². The Balaban J connectivity index is 3.80. The molecule has 0 unspecified atom stereocenters. The van der Waals surface area contributed by atoms with Crippen LogP contribution in [0.25, 0.3) is 0 Å². The molecule has 0 aromatic heterocycles.